The largest absolute Gasteiger partial charge is 0.469 e. The Hall–Kier alpha value is -0.610. The Morgan fingerprint density at radius 2 is 2.40 bits per heavy atom. The van der Waals surface area contributed by atoms with Crippen molar-refractivity contribution in [3.05, 3.63) is 0 Å². The summed E-state index contributed by atoms with van der Waals surface area (Å²) in [6.07, 6.45) is -0.688. The molecule has 0 aromatic carbocycles. The van der Waals surface area contributed by atoms with Gasteiger partial charge in [-0.3, -0.25) is 4.79 Å². The average Bonchev–Trinajstić information content (AvgIpc) is 2.34. The molecule has 1 aliphatic heterocycles. The maximum Gasteiger partial charge on any atom is 0.313 e. The van der Waals surface area contributed by atoms with Crippen molar-refractivity contribution in [1.29, 1.82) is 0 Å². The van der Waals surface area contributed by atoms with Gasteiger partial charge >= 0.3 is 5.97 Å². The maximum absolute atomic E-state index is 10.8. The first-order valence-corrected chi connectivity index (χ1v) is 3.09. The number of aliphatic hydroxyl groups excluding tert-OH is 1. The molecule has 58 valence electrons. The van der Waals surface area contributed by atoms with Gasteiger partial charge in [0.15, 0.2) is 0 Å². The molecule has 4 nitrogen and oxygen atoms in total. The summed E-state index contributed by atoms with van der Waals surface area (Å²) in [5.41, 5.74) is 0. The van der Waals surface area contributed by atoms with Crippen LogP contribution in [0.5, 0.6) is 0 Å². The summed E-state index contributed by atoms with van der Waals surface area (Å²) < 4.78 is 9.27. The van der Waals surface area contributed by atoms with E-state index in [1.807, 2.05) is 0 Å². The molecule has 2 atom stereocenters. The normalized spacial score (nSPS) is 32.2. The monoisotopic (exact) mass is 146 g/mol. The molecular formula is C6H10O4. The van der Waals surface area contributed by atoms with Crippen molar-refractivity contribution in [3.8, 4) is 0 Å². The number of methoxy groups -OCH3 is 1. The molecule has 0 spiro atoms. The minimum atomic E-state index is -0.688. The smallest absolute Gasteiger partial charge is 0.313 e. The van der Waals surface area contributed by atoms with Crippen molar-refractivity contribution in [2.45, 2.75) is 6.10 Å². The van der Waals surface area contributed by atoms with Crippen molar-refractivity contribution >= 4 is 5.97 Å². The predicted molar refractivity (Wildman–Crippen MR) is 32.3 cm³/mol. The lowest BCUT2D eigenvalue weighted by Gasteiger charge is -2.07. The molecule has 4 heteroatoms. The average molecular weight is 146 g/mol. The molecule has 0 aliphatic carbocycles. The van der Waals surface area contributed by atoms with Gasteiger partial charge < -0.3 is 14.6 Å². The van der Waals surface area contributed by atoms with Crippen LogP contribution in [0.1, 0.15) is 0 Å². The third kappa shape index (κ3) is 1.27. The fourth-order valence-electron chi connectivity index (χ4n) is 0.919. The molecule has 0 radical (unpaired) electrons. The molecule has 1 aliphatic rings. The number of carbonyl (C=O) groups is 1. The Balaban J connectivity index is 2.46. The number of carbonyl (C=O) groups excluding carboxylic acids is 1. The molecule has 1 rings (SSSR count). The third-order valence-corrected chi connectivity index (χ3v) is 1.55. The Morgan fingerprint density at radius 3 is 2.80 bits per heavy atom. The van der Waals surface area contributed by atoms with Gasteiger partial charge in [0.25, 0.3) is 0 Å². The molecular weight excluding hydrogens is 136 g/mol. The van der Waals surface area contributed by atoms with Crippen molar-refractivity contribution in [3.63, 3.8) is 0 Å². The van der Waals surface area contributed by atoms with Gasteiger partial charge in [-0.1, -0.05) is 0 Å². The van der Waals surface area contributed by atoms with Gasteiger partial charge in [0.05, 0.1) is 26.4 Å². The van der Waals surface area contributed by atoms with E-state index in [0.717, 1.165) is 0 Å². The van der Waals surface area contributed by atoms with E-state index in [1.165, 1.54) is 7.11 Å². The van der Waals surface area contributed by atoms with Crippen LogP contribution in [0.3, 0.4) is 0 Å². The van der Waals surface area contributed by atoms with Crippen LogP contribution >= 0.6 is 0 Å². The topological polar surface area (TPSA) is 55.8 Å². The standard InChI is InChI=1S/C6H10O4/c1-9-6(8)4-2-10-3-5(4)7/h4-5,7H,2-3H2,1H3/t4-,5+/m1/s1. The van der Waals surface area contributed by atoms with E-state index in [2.05, 4.69) is 4.74 Å². The highest BCUT2D eigenvalue weighted by molar-refractivity contribution is 5.73. The minimum Gasteiger partial charge on any atom is -0.469 e. The Morgan fingerprint density at radius 1 is 1.70 bits per heavy atom. The fourth-order valence-corrected chi connectivity index (χ4v) is 0.919. The molecule has 10 heavy (non-hydrogen) atoms. The van der Waals surface area contributed by atoms with E-state index in [4.69, 9.17) is 9.84 Å². The van der Waals surface area contributed by atoms with Crippen molar-refractivity contribution in [2.75, 3.05) is 20.3 Å². The van der Waals surface area contributed by atoms with E-state index < -0.39 is 18.0 Å². The quantitative estimate of drug-likeness (QED) is 0.490. The first-order chi connectivity index (χ1) is 4.75. The molecule has 1 N–H and O–H groups in total. The van der Waals surface area contributed by atoms with Crippen LogP contribution in [-0.2, 0) is 14.3 Å². The molecule has 1 saturated heterocycles. The Bertz CT molecular complexity index is 134. The number of esters is 1. The summed E-state index contributed by atoms with van der Waals surface area (Å²) >= 11 is 0. The summed E-state index contributed by atoms with van der Waals surface area (Å²) in [5, 5.41) is 9.06. The van der Waals surface area contributed by atoms with Gasteiger partial charge in [0.1, 0.15) is 5.92 Å². The lowest BCUT2D eigenvalue weighted by atomic mass is 10.1. The summed E-state index contributed by atoms with van der Waals surface area (Å²) in [6, 6.07) is 0. The molecule has 0 aromatic heterocycles. The van der Waals surface area contributed by atoms with Gasteiger partial charge in [-0.2, -0.15) is 0 Å². The molecule has 0 amide bonds. The van der Waals surface area contributed by atoms with Gasteiger partial charge in [-0.05, 0) is 0 Å². The van der Waals surface area contributed by atoms with Crippen LogP contribution in [0.2, 0.25) is 0 Å². The zero-order valence-corrected chi connectivity index (χ0v) is 5.74. The van der Waals surface area contributed by atoms with Crippen LogP contribution in [-0.4, -0.2) is 37.5 Å². The Kier molecular flexibility index (Phi) is 2.24. The second kappa shape index (κ2) is 2.98. The second-order valence-corrected chi connectivity index (χ2v) is 2.23. The van der Waals surface area contributed by atoms with E-state index in [-0.39, 0.29) is 13.2 Å². The first kappa shape index (κ1) is 7.50. The number of hydrogen-bond acceptors (Lipinski definition) is 4. The van der Waals surface area contributed by atoms with Gasteiger partial charge in [-0.15, -0.1) is 0 Å². The zero-order valence-electron chi connectivity index (χ0n) is 5.74. The lowest BCUT2D eigenvalue weighted by Crippen LogP contribution is -2.27. The lowest BCUT2D eigenvalue weighted by molar-refractivity contribution is -0.147. The molecule has 1 fully saturated rings. The summed E-state index contributed by atoms with van der Waals surface area (Å²) in [5.74, 6) is -0.880. The molecule has 0 aromatic rings. The predicted octanol–water partition coefficient (Wildman–Crippen LogP) is -0.833. The zero-order chi connectivity index (χ0) is 7.56. The molecule has 0 bridgehead atoms. The molecule has 1 heterocycles. The van der Waals surface area contributed by atoms with Gasteiger partial charge in [0.2, 0.25) is 0 Å². The Labute approximate surface area is 58.7 Å². The van der Waals surface area contributed by atoms with Crippen molar-refractivity contribution < 1.29 is 19.4 Å². The first-order valence-electron chi connectivity index (χ1n) is 3.09. The molecule has 0 unspecified atom stereocenters. The van der Waals surface area contributed by atoms with Gasteiger partial charge in [-0.25, -0.2) is 0 Å². The van der Waals surface area contributed by atoms with Crippen LogP contribution in [0.15, 0.2) is 0 Å². The van der Waals surface area contributed by atoms with Crippen LogP contribution in [0.4, 0.5) is 0 Å². The fraction of sp³-hybridized carbons (Fsp3) is 0.833. The van der Waals surface area contributed by atoms with Crippen LogP contribution in [0, 0.1) is 5.92 Å². The van der Waals surface area contributed by atoms with Crippen LogP contribution in [0.25, 0.3) is 0 Å². The summed E-state index contributed by atoms with van der Waals surface area (Å²) in [7, 11) is 1.30. The number of hydrogen-bond donors (Lipinski definition) is 1. The van der Waals surface area contributed by atoms with E-state index >= 15 is 0 Å². The highest BCUT2D eigenvalue weighted by Gasteiger charge is 2.33. The maximum atomic E-state index is 10.8. The summed E-state index contributed by atoms with van der Waals surface area (Å²) in [4.78, 5) is 10.8. The minimum absolute atomic E-state index is 0.236. The highest BCUT2D eigenvalue weighted by Crippen LogP contribution is 2.14. The van der Waals surface area contributed by atoms with E-state index in [9.17, 15) is 4.79 Å². The second-order valence-electron chi connectivity index (χ2n) is 2.23. The van der Waals surface area contributed by atoms with Crippen molar-refractivity contribution in [2.24, 2.45) is 5.92 Å². The van der Waals surface area contributed by atoms with Gasteiger partial charge in [0, 0.05) is 0 Å². The number of aliphatic hydroxyl groups is 1. The van der Waals surface area contributed by atoms with Crippen LogP contribution < -0.4 is 0 Å². The third-order valence-electron chi connectivity index (χ3n) is 1.55. The number of rotatable bonds is 1. The van der Waals surface area contributed by atoms with E-state index in [0.29, 0.717) is 0 Å². The highest BCUT2D eigenvalue weighted by atomic mass is 16.5. The molecule has 0 saturated carbocycles. The summed E-state index contributed by atoms with van der Waals surface area (Å²) in [6.45, 7) is 0.508. The number of ether oxygens (including phenoxy) is 2. The SMILES string of the molecule is COC(=O)[C@@H]1COC[C@@H]1O. The van der Waals surface area contributed by atoms with E-state index in [1.54, 1.807) is 0 Å². The van der Waals surface area contributed by atoms with Crippen molar-refractivity contribution in [1.82, 2.24) is 0 Å².